The Kier molecular flexibility index (Phi) is 5.01. The van der Waals surface area contributed by atoms with Crippen LogP contribution in [0.15, 0.2) is 60.0 Å². The molecule has 0 radical (unpaired) electrons. The fraction of sp³-hybridized carbons (Fsp3) is 0.182. The zero-order chi connectivity index (χ0) is 19.6. The Morgan fingerprint density at radius 2 is 1.90 bits per heavy atom. The van der Waals surface area contributed by atoms with E-state index in [0.717, 1.165) is 63.3 Å². The van der Waals surface area contributed by atoms with E-state index < -0.39 is 0 Å². The van der Waals surface area contributed by atoms with E-state index in [1.807, 2.05) is 60.0 Å². The number of nitrogens with zero attached hydrogens (tertiary/aromatic N) is 2. The molecule has 4 aromatic rings. The quantitative estimate of drug-likeness (QED) is 0.497. The molecule has 29 heavy (non-hydrogen) atoms. The normalized spacial score (nSPS) is 14.3. The van der Waals surface area contributed by atoms with E-state index >= 15 is 0 Å². The van der Waals surface area contributed by atoms with Crippen LogP contribution in [0.3, 0.4) is 0 Å². The summed E-state index contributed by atoms with van der Waals surface area (Å²) < 4.78 is 6.49. The number of carbonyl (C=O) groups is 1. The van der Waals surface area contributed by atoms with Crippen LogP contribution >= 0.6 is 22.7 Å². The van der Waals surface area contributed by atoms with Crippen molar-refractivity contribution in [2.24, 2.45) is 0 Å². The highest BCUT2D eigenvalue weighted by molar-refractivity contribution is 7.22. The van der Waals surface area contributed by atoms with Crippen molar-refractivity contribution in [1.29, 1.82) is 0 Å². The summed E-state index contributed by atoms with van der Waals surface area (Å²) in [7, 11) is 0. The molecule has 0 atom stereocenters. The van der Waals surface area contributed by atoms with Crippen LogP contribution in [0, 0.1) is 0 Å². The van der Waals surface area contributed by atoms with E-state index in [1.54, 1.807) is 11.3 Å². The topological polar surface area (TPSA) is 54.5 Å². The van der Waals surface area contributed by atoms with E-state index in [9.17, 15) is 4.79 Å². The summed E-state index contributed by atoms with van der Waals surface area (Å²) in [5.41, 5.74) is 3.75. The van der Waals surface area contributed by atoms with Gasteiger partial charge in [0.15, 0.2) is 5.13 Å². The highest BCUT2D eigenvalue weighted by atomic mass is 32.1. The van der Waals surface area contributed by atoms with Gasteiger partial charge in [-0.25, -0.2) is 4.98 Å². The van der Waals surface area contributed by atoms with Crippen molar-refractivity contribution in [1.82, 2.24) is 4.98 Å². The van der Waals surface area contributed by atoms with E-state index in [4.69, 9.17) is 9.72 Å². The maximum atomic E-state index is 12.9. The maximum absolute atomic E-state index is 12.9. The SMILES string of the molecule is O=C(Nc1ccc2nc(N3CCOCC3)sc2c1)c1sccc1-c1ccccc1. The van der Waals surface area contributed by atoms with Gasteiger partial charge in [-0.3, -0.25) is 4.79 Å². The number of carbonyl (C=O) groups excluding carboxylic acids is 1. The standard InChI is InChI=1S/C22H19N3O2S2/c26-21(20-17(8-13-28-20)15-4-2-1-3-5-15)23-16-6-7-18-19(14-16)29-22(24-18)25-9-11-27-12-10-25/h1-8,13-14H,9-12H2,(H,23,26). The molecule has 2 aromatic carbocycles. The fourth-order valence-corrected chi connectivity index (χ4v) is 5.27. The van der Waals surface area contributed by atoms with Crippen LogP contribution in [0.2, 0.25) is 0 Å². The van der Waals surface area contributed by atoms with Crippen LogP contribution in [0.1, 0.15) is 9.67 Å². The summed E-state index contributed by atoms with van der Waals surface area (Å²) >= 11 is 3.11. The number of aromatic nitrogens is 1. The van der Waals surface area contributed by atoms with Gasteiger partial charge in [0, 0.05) is 24.3 Å². The van der Waals surface area contributed by atoms with Gasteiger partial charge in [0.05, 0.1) is 28.3 Å². The van der Waals surface area contributed by atoms with Gasteiger partial charge in [-0.1, -0.05) is 41.7 Å². The highest BCUT2D eigenvalue weighted by Gasteiger charge is 2.17. The molecule has 3 heterocycles. The van der Waals surface area contributed by atoms with Crippen LogP contribution in [-0.2, 0) is 4.74 Å². The second-order valence-corrected chi connectivity index (χ2v) is 8.69. The van der Waals surface area contributed by atoms with Gasteiger partial charge in [-0.05, 0) is 35.2 Å². The molecule has 0 bridgehead atoms. The Balaban J connectivity index is 1.38. The monoisotopic (exact) mass is 421 g/mol. The summed E-state index contributed by atoms with van der Waals surface area (Å²) in [4.78, 5) is 20.6. The minimum atomic E-state index is -0.0869. The molecule has 5 rings (SSSR count). The number of amides is 1. The molecule has 146 valence electrons. The molecule has 0 unspecified atom stereocenters. The molecular weight excluding hydrogens is 402 g/mol. The predicted octanol–water partition coefficient (Wildman–Crippen LogP) is 5.11. The van der Waals surface area contributed by atoms with Gasteiger partial charge in [-0.2, -0.15) is 0 Å². The van der Waals surface area contributed by atoms with Crippen molar-refractivity contribution in [3.63, 3.8) is 0 Å². The number of ether oxygens (including phenoxy) is 1. The summed E-state index contributed by atoms with van der Waals surface area (Å²) in [6, 6.07) is 17.9. The molecule has 0 aliphatic carbocycles. The second kappa shape index (κ2) is 7.94. The van der Waals surface area contributed by atoms with Gasteiger partial charge < -0.3 is 15.0 Å². The summed E-state index contributed by atoms with van der Waals surface area (Å²) in [5.74, 6) is -0.0869. The number of hydrogen-bond acceptors (Lipinski definition) is 6. The largest absolute Gasteiger partial charge is 0.378 e. The number of rotatable bonds is 4. The minimum absolute atomic E-state index is 0.0869. The Morgan fingerprint density at radius 3 is 2.72 bits per heavy atom. The first-order valence-electron chi connectivity index (χ1n) is 9.45. The van der Waals surface area contributed by atoms with E-state index in [-0.39, 0.29) is 5.91 Å². The number of nitrogens with one attached hydrogen (secondary N) is 1. The number of thiophene rings is 1. The van der Waals surface area contributed by atoms with Gasteiger partial charge in [0.2, 0.25) is 0 Å². The van der Waals surface area contributed by atoms with Crippen molar-refractivity contribution in [3.8, 4) is 11.1 Å². The molecule has 1 N–H and O–H groups in total. The first-order chi connectivity index (χ1) is 14.3. The number of hydrogen-bond donors (Lipinski definition) is 1. The molecule has 0 saturated carbocycles. The Bertz CT molecular complexity index is 1150. The Labute approximate surface area is 176 Å². The summed E-state index contributed by atoms with van der Waals surface area (Å²) in [5, 5.41) is 6.02. The van der Waals surface area contributed by atoms with Crippen LogP contribution in [-0.4, -0.2) is 37.2 Å². The zero-order valence-corrected chi connectivity index (χ0v) is 17.3. The molecule has 0 spiro atoms. The smallest absolute Gasteiger partial charge is 0.266 e. The molecule has 1 saturated heterocycles. The summed E-state index contributed by atoms with van der Waals surface area (Å²) in [6.07, 6.45) is 0. The Morgan fingerprint density at radius 1 is 1.07 bits per heavy atom. The van der Waals surface area contributed by atoms with Crippen molar-refractivity contribution >= 4 is 49.6 Å². The predicted molar refractivity (Wildman–Crippen MR) is 120 cm³/mol. The zero-order valence-electron chi connectivity index (χ0n) is 15.6. The number of fused-ring (bicyclic) bond motifs is 1. The Hall–Kier alpha value is -2.74. The molecule has 2 aromatic heterocycles. The lowest BCUT2D eigenvalue weighted by Gasteiger charge is -2.25. The number of thiazole rings is 1. The highest BCUT2D eigenvalue weighted by Crippen LogP contribution is 2.32. The fourth-order valence-electron chi connectivity index (χ4n) is 3.40. The average molecular weight is 422 g/mol. The average Bonchev–Trinajstić information content (AvgIpc) is 3.42. The molecule has 7 heteroatoms. The number of anilines is 2. The molecule has 1 amide bonds. The molecule has 5 nitrogen and oxygen atoms in total. The van der Waals surface area contributed by atoms with E-state index in [2.05, 4.69) is 10.2 Å². The maximum Gasteiger partial charge on any atom is 0.266 e. The van der Waals surface area contributed by atoms with Gasteiger partial charge >= 0.3 is 0 Å². The molecule has 1 fully saturated rings. The third kappa shape index (κ3) is 3.76. The summed E-state index contributed by atoms with van der Waals surface area (Å²) in [6.45, 7) is 3.21. The van der Waals surface area contributed by atoms with Gasteiger partial charge in [0.1, 0.15) is 0 Å². The van der Waals surface area contributed by atoms with E-state index in [1.165, 1.54) is 11.3 Å². The van der Waals surface area contributed by atoms with Gasteiger partial charge in [-0.15, -0.1) is 11.3 Å². The molecular formula is C22H19N3O2S2. The minimum Gasteiger partial charge on any atom is -0.378 e. The van der Waals surface area contributed by atoms with Crippen molar-refractivity contribution in [2.75, 3.05) is 36.5 Å². The van der Waals surface area contributed by atoms with Crippen LogP contribution in [0.4, 0.5) is 10.8 Å². The van der Waals surface area contributed by atoms with Crippen molar-refractivity contribution < 1.29 is 9.53 Å². The lowest BCUT2D eigenvalue weighted by Crippen LogP contribution is -2.36. The first-order valence-corrected chi connectivity index (χ1v) is 11.1. The van der Waals surface area contributed by atoms with Crippen LogP contribution in [0.25, 0.3) is 21.3 Å². The van der Waals surface area contributed by atoms with Crippen LogP contribution < -0.4 is 10.2 Å². The lowest BCUT2D eigenvalue weighted by atomic mass is 10.1. The second-order valence-electron chi connectivity index (χ2n) is 6.76. The third-order valence-corrected chi connectivity index (χ3v) is 6.87. The van der Waals surface area contributed by atoms with Crippen molar-refractivity contribution in [3.05, 3.63) is 64.9 Å². The van der Waals surface area contributed by atoms with E-state index in [0.29, 0.717) is 0 Å². The first kappa shape index (κ1) is 18.3. The van der Waals surface area contributed by atoms with Crippen molar-refractivity contribution in [2.45, 2.75) is 0 Å². The van der Waals surface area contributed by atoms with Crippen LogP contribution in [0.5, 0.6) is 0 Å². The van der Waals surface area contributed by atoms with Gasteiger partial charge in [0.25, 0.3) is 5.91 Å². The molecule has 1 aliphatic rings. The third-order valence-electron chi connectivity index (χ3n) is 4.87. The molecule has 1 aliphatic heterocycles. The number of benzene rings is 2. The lowest BCUT2D eigenvalue weighted by molar-refractivity contribution is 0.103. The number of morpholine rings is 1.